The van der Waals surface area contributed by atoms with E-state index in [9.17, 15) is 4.79 Å². The predicted octanol–water partition coefficient (Wildman–Crippen LogP) is 1.99. The van der Waals surface area contributed by atoms with Gasteiger partial charge in [0.1, 0.15) is 17.7 Å². The number of aliphatic carboxylic acids is 1. The average Bonchev–Trinajstić information content (AvgIpc) is 2.52. The van der Waals surface area contributed by atoms with Crippen LogP contribution in [-0.4, -0.2) is 31.4 Å². The van der Waals surface area contributed by atoms with E-state index >= 15 is 0 Å². The summed E-state index contributed by atoms with van der Waals surface area (Å²) in [4.78, 5) is 10.9. The fourth-order valence-corrected chi connectivity index (χ4v) is 1.58. The van der Waals surface area contributed by atoms with E-state index in [0.29, 0.717) is 5.56 Å². The molecule has 0 aliphatic carbocycles. The van der Waals surface area contributed by atoms with Crippen molar-refractivity contribution < 1.29 is 24.1 Å². The van der Waals surface area contributed by atoms with Gasteiger partial charge >= 0.3 is 5.97 Å². The van der Waals surface area contributed by atoms with Crippen LogP contribution in [0.3, 0.4) is 0 Å². The number of carboxylic acids is 1. The molecule has 22 heavy (non-hydrogen) atoms. The van der Waals surface area contributed by atoms with Crippen LogP contribution in [0.1, 0.15) is 12.5 Å². The number of ether oxygens (including phenoxy) is 3. The maximum atomic E-state index is 10.9. The Bertz CT molecular complexity index is 641. The van der Waals surface area contributed by atoms with Gasteiger partial charge < -0.3 is 19.3 Å². The number of nitriles is 2. The Morgan fingerprint density at radius 3 is 2.09 bits per heavy atom. The van der Waals surface area contributed by atoms with E-state index in [4.69, 9.17) is 29.8 Å². The Balaban J connectivity index is 3.37. The number of carbonyl (C=O) groups is 1. The van der Waals surface area contributed by atoms with E-state index in [1.807, 2.05) is 0 Å². The van der Waals surface area contributed by atoms with Crippen molar-refractivity contribution in [2.24, 2.45) is 0 Å². The molecule has 114 valence electrons. The molecule has 0 amide bonds. The van der Waals surface area contributed by atoms with E-state index < -0.39 is 12.1 Å². The Hall–Kier alpha value is -3.19. The van der Waals surface area contributed by atoms with Crippen LogP contribution in [0.4, 0.5) is 0 Å². The Morgan fingerprint density at radius 2 is 1.73 bits per heavy atom. The molecule has 0 aliphatic heterocycles. The predicted molar refractivity (Wildman–Crippen MR) is 76.5 cm³/mol. The highest BCUT2D eigenvalue weighted by Gasteiger charge is 2.20. The van der Waals surface area contributed by atoms with Crippen molar-refractivity contribution in [2.75, 3.05) is 14.2 Å². The second kappa shape index (κ2) is 7.55. The van der Waals surface area contributed by atoms with E-state index in [1.54, 1.807) is 12.1 Å². The maximum Gasteiger partial charge on any atom is 0.344 e. The highest BCUT2D eigenvalue weighted by molar-refractivity contribution is 5.73. The van der Waals surface area contributed by atoms with Crippen molar-refractivity contribution in [1.29, 1.82) is 10.5 Å². The van der Waals surface area contributed by atoms with Crippen LogP contribution in [0, 0.1) is 22.7 Å². The molecule has 0 aliphatic rings. The summed E-state index contributed by atoms with van der Waals surface area (Å²) in [6, 6.07) is 6.52. The lowest BCUT2D eigenvalue weighted by Crippen LogP contribution is -2.23. The lowest BCUT2D eigenvalue weighted by atomic mass is 10.1. The van der Waals surface area contributed by atoms with Crippen molar-refractivity contribution >= 4 is 12.0 Å². The average molecular weight is 302 g/mol. The number of hydrogen-bond acceptors (Lipinski definition) is 6. The van der Waals surface area contributed by atoms with Crippen molar-refractivity contribution in [1.82, 2.24) is 0 Å². The molecule has 1 unspecified atom stereocenters. The van der Waals surface area contributed by atoms with Crippen molar-refractivity contribution in [3.63, 3.8) is 0 Å². The van der Waals surface area contributed by atoms with Gasteiger partial charge in [0.05, 0.1) is 14.2 Å². The van der Waals surface area contributed by atoms with Gasteiger partial charge in [-0.1, -0.05) is 0 Å². The maximum absolute atomic E-state index is 10.9. The second-order valence-corrected chi connectivity index (χ2v) is 4.13. The summed E-state index contributed by atoms with van der Waals surface area (Å²) in [5.41, 5.74) is 0.402. The first-order valence-electron chi connectivity index (χ1n) is 6.14. The molecular formula is C15H14N2O5. The fraction of sp³-hybridized carbons (Fsp3) is 0.267. The van der Waals surface area contributed by atoms with Crippen molar-refractivity contribution in [3.8, 4) is 29.4 Å². The smallest absolute Gasteiger partial charge is 0.344 e. The third kappa shape index (κ3) is 3.90. The van der Waals surface area contributed by atoms with E-state index in [0.717, 1.165) is 0 Å². The van der Waals surface area contributed by atoms with Crippen LogP contribution in [0.5, 0.6) is 17.2 Å². The van der Waals surface area contributed by atoms with Crippen LogP contribution in [0.15, 0.2) is 17.7 Å². The van der Waals surface area contributed by atoms with Gasteiger partial charge in [0, 0.05) is 0 Å². The summed E-state index contributed by atoms with van der Waals surface area (Å²) < 4.78 is 15.7. The zero-order valence-corrected chi connectivity index (χ0v) is 12.3. The van der Waals surface area contributed by atoms with E-state index in [2.05, 4.69) is 0 Å². The first-order chi connectivity index (χ1) is 10.5. The van der Waals surface area contributed by atoms with Crippen LogP contribution in [0.25, 0.3) is 6.08 Å². The van der Waals surface area contributed by atoms with Gasteiger partial charge in [0.15, 0.2) is 17.6 Å². The molecule has 0 radical (unpaired) electrons. The molecule has 0 aromatic heterocycles. The summed E-state index contributed by atoms with van der Waals surface area (Å²) in [7, 11) is 2.77. The Labute approximate surface area is 127 Å². The molecule has 1 N–H and O–H groups in total. The van der Waals surface area contributed by atoms with Gasteiger partial charge in [-0.3, -0.25) is 0 Å². The molecule has 0 bridgehead atoms. The second-order valence-electron chi connectivity index (χ2n) is 4.13. The SMILES string of the molecule is COc1cc(C=C(C#N)C#N)cc(OC)c1OC(C)C(=O)O. The molecule has 1 aromatic rings. The van der Waals surface area contributed by atoms with Gasteiger partial charge in [-0.05, 0) is 30.7 Å². The van der Waals surface area contributed by atoms with Crippen LogP contribution < -0.4 is 14.2 Å². The zero-order chi connectivity index (χ0) is 16.7. The minimum atomic E-state index is -1.13. The summed E-state index contributed by atoms with van der Waals surface area (Å²) >= 11 is 0. The fourth-order valence-electron chi connectivity index (χ4n) is 1.58. The molecule has 0 fully saturated rings. The number of allylic oxidation sites excluding steroid dienone is 1. The highest BCUT2D eigenvalue weighted by Crippen LogP contribution is 2.39. The van der Waals surface area contributed by atoms with E-state index in [-0.39, 0.29) is 22.8 Å². The van der Waals surface area contributed by atoms with Gasteiger partial charge in [-0.25, -0.2) is 4.79 Å². The number of benzene rings is 1. The van der Waals surface area contributed by atoms with Gasteiger partial charge in [0.2, 0.25) is 5.75 Å². The lowest BCUT2D eigenvalue weighted by Gasteiger charge is -2.17. The number of nitrogens with zero attached hydrogens (tertiary/aromatic N) is 2. The zero-order valence-electron chi connectivity index (χ0n) is 12.3. The first-order valence-corrected chi connectivity index (χ1v) is 6.14. The minimum Gasteiger partial charge on any atom is -0.493 e. The summed E-state index contributed by atoms with van der Waals surface area (Å²) in [6.45, 7) is 1.37. The van der Waals surface area contributed by atoms with Crippen LogP contribution >= 0.6 is 0 Å². The molecular weight excluding hydrogens is 288 g/mol. The lowest BCUT2D eigenvalue weighted by molar-refractivity contribution is -0.144. The first kappa shape index (κ1) is 16.9. The van der Waals surface area contributed by atoms with Crippen LogP contribution in [0.2, 0.25) is 0 Å². The third-order valence-corrected chi connectivity index (χ3v) is 2.68. The summed E-state index contributed by atoms with van der Waals surface area (Å²) in [5.74, 6) is -0.542. The standard InChI is InChI=1S/C15H14N2O5/c1-9(15(18)19)22-14-12(20-2)5-10(6-13(14)21-3)4-11(7-16)8-17/h4-6,9H,1-3H3,(H,18,19). The van der Waals surface area contributed by atoms with Crippen molar-refractivity contribution in [2.45, 2.75) is 13.0 Å². The Morgan fingerprint density at radius 1 is 1.23 bits per heavy atom. The normalized spacial score (nSPS) is 10.6. The minimum absolute atomic E-state index is 0.0864. The molecule has 1 aromatic carbocycles. The van der Waals surface area contributed by atoms with Gasteiger partial charge in [-0.15, -0.1) is 0 Å². The number of methoxy groups -OCH3 is 2. The molecule has 1 atom stereocenters. The molecule has 0 saturated carbocycles. The van der Waals surface area contributed by atoms with Gasteiger partial charge in [0.25, 0.3) is 0 Å². The molecule has 7 heteroatoms. The van der Waals surface area contributed by atoms with Gasteiger partial charge in [-0.2, -0.15) is 10.5 Å². The third-order valence-electron chi connectivity index (χ3n) is 2.68. The monoisotopic (exact) mass is 302 g/mol. The van der Waals surface area contributed by atoms with Crippen LogP contribution in [-0.2, 0) is 4.79 Å². The van der Waals surface area contributed by atoms with E-state index in [1.165, 1.54) is 39.4 Å². The topological polar surface area (TPSA) is 113 Å². The molecule has 0 spiro atoms. The Kier molecular flexibility index (Phi) is 5.79. The largest absolute Gasteiger partial charge is 0.493 e. The molecule has 0 saturated heterocycles. The number of carboxylic acid groups (broad SMARTS) is 1. The van der Waals surface area contributed by atoms with Crippen molar-refractivity contribution in [3.05, 3.63) is 23.3 Å². The molecule has 7 nitrogen and oxygen atoms in total. The highest BCUT2D eigenvalue weighted by atomic mass is 16.6. The summed E-state index contributed by atoms with van der Waals surface area (Å²) in [5, 5.41) is 26.5. The summed E-state index contributed by atoms with van der Waals surface area (Å²) in [6.07, 6.45) is 0.257. The molecule has 1 rings (SSSR count). The number of hydrogen-bond donors (Lipinski definition) is 1. The molecule has 0 heterocycles. The quantitative estimate of drug-likeness (QED) is 0.799. The number of rotatable bonds is 6.